The van der Waals surface area contributed by atoms with E-state index in [2.05, 4.69) is 57.0 Å². The van der Waals surface area contributed by atoms with Crippen LogP contribution in [0.4, 0.5) is 0 Å². The topological polar surface area (TPSA) is 21.8 Å². The highest BCUT2D eigenvalue weighted by molar-refractivity contribution is 14.1. The lowest BCUT2D eigenvalue weighted by molar-refractivity contribution is 0.159. The van der Waals surface area contributed by atoms with E-state index in [-0.39, 0.29) is 0 Å². The Morgan fingerprint density at radius 2 is 1.80 bits per heavy atom. The number of likely N-dealkylation sites (N-methyl/N-ethyl adjacent to an activating group) is 1. The second-order valence-electron chi connectivity index (χ2n) is 4.00. The van der Waals surface area contributed by atoms with E-state index in [1.165, 1.54) is 9.52 Å². The summed E-state index contributed by atoms with van der Waals surface area (Å²) in [6.07, 6.45) is 4.30. The highest BCUT2D eigenvalue weighted by atomic mass is 127. The van der Waals surface area contributed by atoms with Gasteiger partial charge in [0.15, 0.2) is 0 Å². The lowest BCUT2D eigenvalue weighted by Crippen LogP contribution is -2.49. The van der Waals surface area contributed by atoms with Crippen molar-refractivity contribution in [2.24, 2.45) is 0 Å². The summed E-state index contributed by atoms with van der Waals surface area (Å²) in [7, 11) is 4.22. The first-order valence-corrected chi connectivity index (χ1v) is 6.26. The highest BCUT2D eigenvalue weighted by Gasteiger charge is 2.18. The van der Waals surface area contributed by atoms with Gasteiger partial charge in [-0.2, -0.15) is 0 Å². The fraction of sp³-hybridized carbons (Fsp3) is 0.600. The van der Waals surface area contributed by atoms with Crippen LogP contribution in [0, 0.1) is 0 Å². The Morgan fingerprint density at radius 3 is 2.40 bits per heavy atom. The van der Waals surface area contributed by atoms with Crippen LogP contribution in [0.25, 0.3) is 0 Å². The fourth-order valence-corrected chi connectivity index (χ4v) is 2.05. The van der Waals surface area contributed by atoms with Crippen LogP contribution in [0.2, 0.25) is 0 Å². The minimum absolute atomic E-state index is 1.10. The standard InChI is InChI=1S/C10H17IN4/c1-13-5-7-15(8-6-13)10-4-3-9(11)14(2)12-10/h3-4,12H,5-8H2,1-2H3. The molecule has 2 rings (SSSR count). The summed E-state index contributed by atoms with van der Waals surface area (Å²) in [6, 6.07) is 0. The van der Waals surface area contributed by atoms with Gasteiger partial charge in [0.1, 0.15) is 5.82 Å². The van der Waals surface area contributed by atoms with Crippen molar-refractivity contribution in [1.29, 1.82) is 0 Å². The van der Waals surface area contributed by atoms with Gasteiger partial charge in [0.25, 0.3) is 0 Å². The molecule has 1 N–H and O–H groups in total. The number of allylic oxidation sites excluding steroid dienone is 2. The molecule has 5 heteroatoms. The first-order valence-electron chi connectivity index (χ1n) is 5.18. The zero-order valence-electron chi connectivity index (χ0n) is 9.20. The lowest BCUT2D eigenvalue weighted by Gasteiger charge is -2.38. The number of rotatable bonds is 1. The smallest absolute Gasteiger partial charge is 0.120 e. The Morgan fingerprint density at radius 1 is 1.13 bits per heavy atom. The average Bonchev–Trinajstić information content (AvgIpc) is 2.23. The maximum atomic E-state index is 3.38. The van der Waals surface area contributed by atoms with E-state index >= 15 is 0 Å². The first-order chi connectivity index (χ1) is 7.16. The Bertz CT molecular complexity index is 292. The van der Waals surface area contributed by atoms with Crippen molar-refractivity contribution in [3.8, 4) is 0 Å². The molecule has 0 bridgehead atoms. The number of hydrazine groups is 1. The molecule has 0 amide bonds. The number of halogens is 1. The first kappa shape index (κ1) is 11.1. The summed E-state index contributed by atoms with van der Waals surface area (Å²) in [5.41, 5.74) is 3.38. The van der Waals surface area contributed by atoms with Crippen LogP contribution in [0.3, 0.4) is 0 Å². The van der Waals surface area contributed by atoms with Crippen molar-refractivity contribution >= 4 is 22.6 Å². The number of nitrogens with zero attached hydrogens (tertiary/aromatic N) is 3. The van der Waals surface area contributed by atoms with E-state index in [1.54, 1.807) is 0 Å². The normalized spacial score (nSPS) is 23.4. The molecule has 2 heterocycles. The molecule has 0 aromatic carbocycles. The van der Waals surface area contributed by atoms with Crippen LogP contribution in [-0.2, 0) is 0 Å². The van der Waals surface area contributed by atoms with Crippen molar-refractivity contribution in [2.45, 2.75) is 0 Å². The molecule has 0 spiro atoms. The summed E-state index contributed by atoms with van der Waals surface area (Å²) in [5, 5.41) is 2.05. The predicted octanol–water partition coefficient (Wildman–Crippen LogP) is 0.802. The molecule has 0 aliphatic carbocycles. The van der Waals surface area contributed by atoms with Crippen LogP contribution >= 0.6 is 22.6 Å². The number of piperazine rings is 1. The van der Waals surface area contributed by atoms with Gasteiger partial charge in [-0.25, -0.2) is 0 Å². The molecular formula is C10H17IN4. The van der Waals surface area contributed by atoms with E-state index in [0.29, 0.717) is 0 Å². The molecule has 2 aliphatic rings. The molecule has 0 saturated carbocycles. The van der Waals surface area contributed by atoms with E-state index in [4.69, 9.17) is 0 Å². The molecule has 0 atom stereocenters. The summed E-state index contributed by atoms with van der Waals surface area (Å²) >= 11 is 2.32. The molecule has 1 saturated heterocycles. The SMILES string of the molecule is CN1CCN(C2=CC=C(I)N(C)N2)CC1. The Kier molecular flexibility index (Phi) is 3.40. The summed E-state index contributed by atoms with van der Waals surface area (Å²) < 4.78 is 1.21. The van der Waals surface area contributed by atoms with Gasteiger partial charge >= 0.3 is 0 Å². The Balaban J connectivity index is 2.00. The molecule has 2 aliphatic heterocycles. The van der Waals surface area contributed by atoms with Gasteiger partial charge < -0.3 is 9.80 Å². The van der Waals surface area contributed by atoms with Crippen LogP contribution in [0.1, 0.15) is 0 Å². The number of nitrogens with one attached hydrogen (secondary N) is 1. The quantitative estimate of drug-likeness (QED) is 0.570. The number of hydrogen-bond acceptors (Lipinski definition) is 4. The van der Waals surface area contributed by atoms with Gasteiger partial charge in [-0.05, 0) is 41.8 Å². The average molecular weight is 320 g/mol. The van der Waals surface area contributed by atoms with Gasteiger partial charge in [0, 0.05) is 33.2 Å². The molecule has 15 heavy (non-hydrogen) atoms. The van der Waals surface area contributed by atoms with Crippen LogP contribution in [0.15, 0.2) is 21.7 Å². The number of hydrogen-bond donors (Lipinski definition) is 1. The molecule has 0 aromatic rings. The van der Waals surface area contributed by atoms with Crippen molar-refractivity contribution in [3.63, 3.8) is 0 Å². The van der Waals surface area contributed by atoms with Crippen molar-refractivity contribution < 1.29 is 0 Å². The van der Waals surface area contributed by atoms with Gasteiger partial charge in [-0.3, -0.25) is 10.4 Å². The minimum Gasteiger partial charge on any atom is -0.355 e. The lowest BCUT2D eigenvalue weighted by atomic mass is 10.3. The molecule has 84 valence electrons. The fourth-order valence-electron chi connectivity index (χ4n) is 1.75. The van der Waals surface area contributed by atoms with Crippen molar-refractivity contribution in [3.05, 3.63) is 21.7 Å². The zero-order chi connectivity index (χ0) is 10.8. The largest absolute Gasteiger partial charge is 0.355 e. The summed E-state index contributed by atoms with van der Waals surface area (Å²) in [6.45, 7) is 4.49. The molecule has 1 fully saturated rings. The highest BCUT2D eigenvalue weighted by Crippen LogP contribution is 2.17. The second kappa shape index (κ2) is 4.61. The molecular weight excluding hydrogens is 303 g/mol. The van der Waals surface area contributed by atoms with E-state index in [0.717, 1.165) is 26.2 Å². The van der Waals surface area contributed by atoms with Crippen molar-refractivity contribution in [1.82, 2.24) is 20.2 Å². The van der Waals surface area contributed by atoms with Gasteiger partial charge in [0.05, 0.1) is 3.70 Å². The van der Waals surface area contributed by atoms with E-state index in [9.17, 15) is 0 Å². The second-order valence-corrected chi connectivity index (χ2v) is 5.11. The van der Waals surface area contributed by atoms with Crippen molar-refractivity contribution in [2.75, 3.05) is 40.3 Å². The van der Waals surface area contributed by atoms with Gasteiger partial charge in [-0.15, -0.1) is 0 Å². The van der Waals surface area contributed by atoms with Crippen LogP contribution < -0.4 is 5.43 Å². The third-order valence-electron chi connectivity index (χ3n) is 2.83. The maximum absolute atomic E-state index is 3.38. The monoisotopic (exact) mass is 320 g/mol. The van der Waals surface area contributed by atoms with E-state index < -0.39 is 0 Å². The zero-order valence-corrected chi connectivity index (χ0v) is 11.4. The molecule has 0 radical (unpaired) electrons. The molecule has 0 aromatic heterocycles. The third kappa shape index (κ3) is 2.57. The third-order valence-corrected chi connectivity index (χ3v) is 3.91. The summed E-state index contributed by atoms with van der Waals surface area (Å²) in [5.74, 6) is 1.21. The Labute approximate surface area is 105 Å². The minimum atomic E-state index is 1.10. The van der Waals surface area contributed by atoms with Crippen LogP contribution in [-0.4, -0.2) is 55.1 Å². The molecule has 0 unspecified atom stereocenters. The predicted molar refractivity (Wildman–Crippen MR) is 70.2 cm³/mol. The van der Waals surface area contributed by atoms with E-state index in [1.807, 2.05) is 12.1 Å². The van der Waals surface area contributed by atoms with Gasteiger partial charge in [0.2, 0.25) is 0 Å². The maximum Gasteiger partial charge on any atom is 0.120 e. The summed E-state index contributed by atoms with van der Waals surface area (Å²) in [4.78, 5) is 4.76. The van der Waals surface area contributed by atoms with Crippen LogP contribution in [0.5, 0.6) is 0 Å². The Hall–Kier alpha value is -0.430. The molecule has 4 nitrogen and oxygen atoms in total. The van der Waals surface area contributed by atoms with Gasteiger partial charge in [-0.1, -0.05) is 0 Å².